The summed E-state index contributed by atoms with van der Waals surface area (Å²) in [7, 11) is 0. The summed E-state index contributed by atoms with van der Waals surface area (Å²) in [6.45, 7) is 6.43. The minimum atomic E-state index is 0.160. The number of nitrogens with zero attached hydrogens (tertiary/aromatic N) is 1. The summed E-state index contributed by atoms with van der Waals surface area (Å²) in [5.41, 5.74) is 0.160. The average Bonchev–Trinajstić information content (AvgIpc) is 2.11. The minimum absolute atomic E-state index is 0.160. The molecule has 0 aliphatic heterocycles. The van der Waals surface area contributed by atoms with Crippen molar-refractivity contribution in [2.45, 2.75) is 26.2 Å². The van der Waals surface area contributed by atoms with Gasteiger partial charge in [0.05, 0.1) is 8.79 Å². The third-order valence-electron chi connectivity index (χ3n) is 1.07. The van der Waals surface area contributed by atoms with Crippen LogP contribution in [0.4, 0.5) is 0 Å². The molecule has 0 fully saturated rings. The standard InChI is InChI=1S/C7H9BrNS/c1-7(2,3)6-9-4-5(8)10-6/h1-3H3. The van der Waals surface area contributed by atoms with Crippen molar-refractivity contribution in [1.29, 1.82) is 0 Å². The highest BCUT2D eigenvalue weighted by atomic mass is 79.9. The number of thiazole rings is 1. The van der Waals surface area contributed by atoms with Crippen molar-refractivity contribution in [3.05, 3.63) is 15.0 Å². The molecule has 55 valence electrons. The second-order valence-electron chi connectivity index (χ2n) is 3.15. The number of rotatable bonds is 0. The van der Waals surface area contributed by atoms with E-state index in [0.29, 0.717) is 0 Å². The van der Waals surface area contributed by atoms with Gasteiger partial charge in [0.15, 0.2) is 0 Å². The minimum Gasteiger partial charge on any atom is -0.238 e. The van der Waals surface area contributed by atoms with Gasteiger partial charge in [-0.25, -0.2) is 4.98 Å². The Hall–Kier alpha value is 0.110. The maximum Gasteiger partial charge on any atom is 0.116 e. The van der Waals surface area contributed by atoms with Gasteiger partial charge in [-0.3, -0.25) is 0 Å². The van der Waals surface area contributed by atoms with Gasteiger partial charge < -0.3 is 0 Å². The van der Waals surface area contributed by atoms with Crippen LogP contribution in [0, 0.1) is 6.20 Å². The van der Waals surface area contributed by atoms with Crippen LogP contribution in [0.2, 0.25) is 0 Å². The molecule has 0 aliphatic carbocycles. The molecule has 0 saturated heterocycles. The molecule has 0 bridgehead atoms. The van der Waals surface area contributed by atoms with Crippen molar-refractivity contribution in [1.82, 2.24) is 4.98 Å². The van der Waals surface area contributed by atoms with Gasteiger partial charge >= 0.3 is 0 Å². The topological polar surface area (TPSA) is 12.9 Å². The Morgan fingerprint density at radius 1 is 1.50 bits per heavy atom. The van der Waals surface area contributed by atoms with Crippen molar-refractivity contribution >= 4 is 27.3 Å². The van der Waals surface area contributed by atoms with Gasteiger partial charge in [0, 0.05) is 5.41 Å². The van der Waals surface area contributed by atoms with Crippen LogP contribution in [0.25, 0.3) is 0 Å². The maximum absolute atomic E-state index is 4.13. The lowest BCUT2D eigenvalue weighted by Gasteiger charge is -2.12. The Balaban J connectivity index is 2.96. The molecule has 1 radical (unpaired) electrons. The van der Waals surface area contributed by atoms with Gasteiger partial charge in [-0.2, -0.15) is 0 Å². The maximum atomic E-state index is 4.13. The Morgan fingerprint density at radius 2 is 2.10 bits per heavy atom. The lowest BCUT2D eigenvalue weighted by atomic mass is 9.98. The number of hydrogen-bond acceptors (Lipinski definition) is 2. The first kappa shape index (κ1) is 8.21. The van der Waals surface area contributed by atoms with Crippen LogP contribution in [0.15, 0.2) is 3.79 Å². The molecule has 1 aromatic heterocycles. The van der Waals surface area contributed by atoms with E-state index in [0.717, 1.165) is 8.79 Å². The molecule has 1 aromatic rings. The van der Waals surface area contributed by atoms with Crippen molar-refractivity contribution in [3.63, 3.8) is 0 Å². The first-order chi connectivity index (χ1) is 4.50. The van der Waals surface area contributed by atoms with Crippen molar-refractivity contribution in [3.8, 4) is 0 Å². The monoisotopic (exact) mass is 218 g/mol. The first-order valence-corrected chi connectivity index (χ1v) is 4.65. The van der Waals surface area contributed by atoms with E-state index in [2.05, 4.69) is 47.9 Å². The molecule has 1 nitrogen and oxygen atoms in total. The molecule has 0 spiro atoms. The smallest absolute Gasteiger partial charge is 0.116 e. The van der Waals surface area contributed by atoms with Gasteiger partial charge in [-0.05, 0) is 15.9 Å². The summed E-state index contributed by atoms with van der Waals surface area (Å²) in [5, 5.41) is 1.12. The summed E-state index contributed by atoms with van der Waals surface area (Å²) in [6.07, 6.45) is 2.86. The van der Waals surface area contributed by atoms with Crippen LogP contribution in [0.5, 0.6) is 0 Å². The molecule has 1 rings (SSSR count). The van der Waals surface area contributed by atoms with Gasteiger partial charge in [0.1, 0.15) is 6.20 Å². The van der Waals surface area contributed by atoms with Gasteiger partial charge in [0.2, 0.25) is 0 Å². The van der Waals surface area contributed by atoms with Crippen LogP contribution in [0.3, 0.4) is 0 Å². The van der Waals surface area contributed by atoms with E-state index >= 15 is 0 Å². The Kier molecular flexibility index (Phi) is 2.15. The molecule has 1 heterocycles. The van der Waals surface area contributed by atoms with E-state index in [1.807, 2.05) is 0 Å². The zero-order chi connectivity index (χ0) is 7.78. The third kappa shape index (κ3) is 1.80. The van der Waals surface area contributed by atoms with Crippen LogP contribution in [0.1, 0.15) is 25.8 Å². The average molecular weight is 219 g/mol. The molecule has 3 heteroatoms. The summed E-state index contributed by atoms with van der Waals surface area (Å²) < 4.78 is 0.984. The largest absolute Gasteiger partial charge is 0.238 e. The molecule has 0 saturated carbocycles. The molecule has 0 aliphatic rings. The predicted octanol–water partition coefficient (Wildman–Crippen LogP) is 3.00. The fourth-order valence-corrected chi connectivity index (χ4v) is 1.75. The van der Waals surface area contributed by atoms with Crippen molar-refractivity contribution in [2.75, 3.05) is 0 Å². The van der Waals surface area contributed by atoms with Crippen molar-refractivity contribution < 1.29 is 0 Å². The quantitative estimate of drug-likeness (QED) is 0.653. The summed E-state index contributed by atoms with van der Waals surface area (Å²) >= 11 is 4.97. The zero-order valence-corrected chi connectivity index (χ0v) is 8.64. The molecule has 0 amide bonds. The Bertz CT molecular complexity index is 224. The second-order valence-corrected chi connectivity index (χ2v) is 5.47. The first-order valence-electron chi connectivity index (χ1n) is 3.04. The highest BCUT2D eigenvalue weighted by Crippen LogP contribution is 2.28. The molecular formula is C7H9BrNS. The van der Waals surface area contributed by atoms with Gasteiger partial charge in [-0.15, -0.1) is 11.3 Å². The van der Waals surface area contributed by atoms with Crippen LogP contribution >= 0.6 is 27.3 Å². The Labute approximate surface area is 73.6 Å². The molecule has 0 N–H and O–H groups in total. The molecule has 0 unspecified atom stereocenters. The van der Waals surface area contributed by atoms with E-state index in [1.54, 1.807) is 11.3 Å². The highest BCUT2D eigenvalue weighted by Gasteiger charge is 2.17. The number of aromatic nitrogens is 1. The number of hydrogen-bond donors (Lipinski definition) is 0. The van der Waals surface area contributed by atoms with E-state index in [1.165, 1.54) is 0 Å². The Morgan fingerprint density at radius 3 is 2.30 bits per heavy atom. The van der Waals surface area contributed by atoms with Gasteiger partial charge in [-0.1, -0.05) is 20.8 Å². The molecule has 10 heavy (non-hydrogen) atoms. The van der Waals surface area contributed by atoms with Crippen LogP contribution in [-0.4, -0.2) is 4.98 Å². The molecule has 0 atom stereocenters. The summed E-state index contributed by atoms with van der Waals surface area (Å²) in [6, 6.07) is 0. The highest BCUT2D eigenvalue weighted by molar-refractivity contribution is 9.11. The predicted molar refractivity (Wildman–Crippen MR) is 47.4 cm³/mol. The molecular weight excluding hydrogens is 210 g/mol. The van der Waals surface area contributed by atoms with Crippen molar-refractivity contribution in [2.24, 2.45) is 0 Å². The SMILES string of the molecule is CC(C)(C)c1n[c]c(Br)s1. The summed E-state index contributed by atoms with van der Waals surface area (Å²) in [4.78, 5) is 4.13. The van der Waals surface area contributed by atoms with E-state index < -0.39 is 0 Å². The summed E-state index contributed by atoms with van der Waals surface area (Å²) in [5.74, 6) is 0. The van der Waals surface area contributed by atoms with E-state index in [-0.39, 0.29) is 5.41 Å². The fourth-order valence-electron chi connectivity index (χ4n) is 0.546. The van der Waals surface area contributed by atoms with Crippen LogP contribution in [-0.2, 0) is 5.41 Å². The third-order valence-corrected chi connectivity index (χ3v) is 2.90. The van der Waals surface area contributed by atoms with E-state index in [9.17, 15) is 0 Å². The molecule has 0 aromatic carbocycles. The van der Waals surface area contributed by atoms with Crippen LogP contribution < -0.4 is 0 Å². The second kappa shape index (κ2) is 2.62. The zero-order valence-electron chi connectivity index (χ0n) is 6.23. The number of halogens is 1. The lowest BCUT2D eigenvalue weighted by molar-refractivity contribution is 0.585. The lowest BCUT2D eigenvalue weighted by Crippen LogP contribution is -2.09. The van der Waals surface area contributed by atoms with Gasteiger partial charge in [0.25, 0.3) is 0 Å². The fraction of sp³-hybridized carbons (Fsp3) is 0.571. The normalized spacial score (nSPS) is 12.0. The van der Waals surface area contributed by atoms with E-state index in [4.69, 9.17) is 0 Å².